The van der Waals surface area contributed by atoms with Gasteiger partial charge in [0.2, 0.25) is 0 Å². The molecule has 0 spiro atoms. The van der Waals surface area contributed by atoms with Crippen LogP contribution in [0.15, 0.2) is 93.2 Å². The van der Waals surface area contributed by atoms with Gasteiger partial charge in [-0.15, -0.1) is 0 Å². The van der Waals surface area contributed by atoms with E-state index < -0.39 is 0 Å². The van der Waals surface area contributed by atoms with Gasteiger partial charge in [-0.1, -0.05) is 60.1 Å². The molecule has 1 amide bonds. The summed E-state index contributed by atoms with van der Waals surface area (Å²) in [6.45, 7) is 8.37. The molecule has 0 atom stereocenters. The van der Waals surface area contributed by atoms with Crippen LogP contribution in [0.3, 0.4) is 0 Å². The molecule has 0 fully saturated rings. The van der Waals surface area contributed by atoms with Crippen molar-refractivity contribution in [1.82, 2.24) is 9.66 Å². The fourth-order valence-corrected chi connectivity index (χ4v) is 5.50. The molecule has 1 aromatic heterocycles. The first-order chi connectivity index (χ1) is 22.2. The number of amides is 1. The fourth-order valence-electron chi connectivity index (χ4n) is 5.04. The van der Waals surface area contributed by atoms with Crippen LogP contribution in [0.25, 0.3) is 22.3 Å². The maximum Gasteiger partial charge on any atom is 0.282 e. The highest BCUT2D eigenvalue weighted by Crippen LogP contribution is 2.36. The second-order valence-corrected chi connectivity index (χ2v) is 11.8. The van der Waals surface area contributed by atoms with Crippen molar-refractivity contribution in [3.63, 3.8) is 0 Å². The molecule has 0 aliphatic heterocycles. The summed E-state index contributed by atoms with van der Waals surface area (Å²) >= 11 is 3.52. The van der Waals surface area contributed by atoms with Gasteiger partial charge in [-0.05, 0) is 79.4 Å². The Hall–Kier alpha value is -4.96. The molecule has 0 saturated heterocycles. The van der Waals surface area contributed by atoms with Crippen LogP contribution in [0.2, 0.25) is 0 Å². The molecular weight excluding hydrogens is 648 g/mol. The zero-order valence-corrected chi connectivity index (χ0v) is 27.9. The molecule has 1 N–H and O–H groups in total. The SMILES string of the molecule is CCOc1cc(C)c(-c2nc3ccccc3c(=O)n2N=Cc2cc(Br)cc(OC)c2OCC(=O)Nc2ccccc2)cc1C(C)C. The molecule has 0 aliphatic carbocycles. The number of ether oxygens (including phenoxy) is 3. The lowest BCUT2D eigenvalue weighted by atomic mass is 9.96. The van der Waals surface area contributed by atoms with E-state index in [0.29, 0.717) is 50.6 Å². The van der Waals surface area contributed by atoms with E-state index in [9.17, 15) is 9.59 Å². The molecule has 0 unspecified atom stereocenters. The van der Waals surface area contributed by atoms with Crippen molar-refractivity contribution in [2.45, 2.75) is 33.6 Å². The van der Waals surface area contributed by atoms with Gasteiger partial charge in [0, 0.05) is 21.3 Å². The number of fused-ring (bicyclic) bond motifs is 1. The summed E-state index contributed by atoms with van der Waals surface area (Å²) in [6.07, 6.45) is 1.51. The number of halogens is 1. The molecule has 0 radical (unpaired) electrons. The predicted molar refractivity (Wildman–Crippen MR) is 186 cm³/mol. The molecule has 10 heteroatoms. The maximum atomic E-state index is 14.0. The highest BCUT2D eigenvalue weighted by molar-refractivity contribution is 9.10. The molecule has 46 heavy (non-hydrogen) atoms. The Morgan fingerprint density at radius 2 is 1.76 bits per heavy atom. The van der Waals surface area contributed by atoms with Crippen molar-refractivity contribution in [1.29, 1.82) is 0 Å². The number of carbonyl (C=O) groups excluding carboxylic acids is 1. The second-order valence-electron chi connectivity index (χ2n) is 10.8. The average molecular weight is 684 g/mol. The van der Waals surface area contributed by atoms with Gasteiger partial charge >= 0.3 is 0 Å². The molecular formula is C36H35BrN4O5. The van der Waals surface area contributed by atoms with E-state index in [4.69, 9.17) is 19.2 Å². The van der Waals surface area contributed by atoms with Crippen molar-refractivity contribution < 1.29 is 19.0 Å². The van der Waals surface area contributed by atoms with Crippen molar-refractivity contribution in [2.75, 3.05) is 25.6 Å². The summed E-state index contributed by atoms with van der Waals surface area (Å²) in [4.78, 5) is 31.6. The zero-order chi connectivity index (χ0) is 32.8. The minimum atomic E-state index is -0.344. The van der Waals surface area contributed by atoms with E-state index in [1.54, 1.807) is 36.4 Å². The first-order valence-electron chi connectivity index (χ1n) is 14.9. The third kappa shape index (κ3) is 7.13. The molecule has 4 aromatic carbocycles. The van der Waals surface area contributed by atoms with Crippen LogP contribution in [0.5, 0.6) is 17.2 Å². The second kappa shape index (κ2) is 14.4. The quantitative estimate of drug-likeness (QED) is 0.144. The number of methoxy groups -OCH3 is 1. The molecule has 0 aliphatic rings. The number of aryl methyl sites for hydroxylation is 1. The highest BCUT2D eigenvalue weighted by Gasteiger charge is 2.19. The average Bonchev–Trinajstić information content (AvgIpc) is 3.04. The molecule has 0 saturated carbocycles. The van der Waals surface area contributed by atoms with E-state index in [2.05, 4.69) is 40.2 Å². The number of anilines is 1. The van der Waals surface area contributed by atoms with Gasteiger partial charge in [-0.25, -0.2) is 4.98 Å². The summed E-state index contributed by atoms with van der Waals surface area (Å²) in [5, 5.41) is 7.91. The Morgan fingerprint density at radius 1 is 1.02 bits per heavy atom. The zero-order valence-electron chi connectivity index (χ0n) is 26.3. The molecule has 1 heterocycles. The monoisotopic (exact) mass is 682 g/mol. The Balaban J connectivity index is 1.61. The van der Waals surface area contributed by atoms with Gasteiger partial charge in [0.1, 0.15) is 5.75 Å². The summed E-state index contributed by atoms with van der Waals surface area (Å²) < 4.78 is 19.5. The Labute approximate surface area is 276 Å². The third-order valence-electron chi connectivity index (χ3n) is 7.26. The van der Waals surface area contributed by atoms with Crippen molar-refractivity contribution in [3.05, 3.63) is 110 Å². The van der Waals surface area contributed by atoms with Crippen molar-refractivity contribution >= 4 is 44.6 Å². The van der Waals surface area contributed by atoms with Gasteiger partial charge in [0.05, 0.1) is 30.8 Å². The van der Waals surface area contributed by atoms with Crippen LogP contribution in [-0.4, -0.2) is 42.1 Å². The highest BCUT2D eigenvalue weighted by atomic mass is 79.9. The predicted octanol–water partition coefficient (Wildman–Crippen LogP) is 7.56. The number of rotatable bonds is 11. The van der Waals surface area contributed by atoms with E-state index in [-0.39, 0.29) is 24.0 Å². The van der Waals surface area contributed by atoms with E-state index in [1.807, 2.05) is 56.3 Å². The van der Waals surface area contributed by atoms with Crippen LogP contribution in [-0.2, 0) is 4.79 Å². The summed E-state index contributed by atoms with van der Waals surface area (Å²) in [5.41, 5.74) is 4.01. The lowest BCUT2D eigenvalue weighted by Gasteiger charge is -2.18. The van der Waals surface area contributed by atoms with Gasteiger partial charge in [0.15, 0.2) is 23.9 Å². The molecule has 5 rings (SSSR count). The first-order valence-corrected chi connectivity index (χ1v) is 15.7. The summed E-state index contributed by atoms with van der Waals surface area (Å²) in [6, 6.07) is 23.8. The minimum absolute atomic E-state index is 0.165. The lowest BCUT2D eigenvalue weighted by molar-refractivity contribution is -0.118. The van der Waals surface area contributed by atoms with Crippen LogP contribution in [0.1, 0.15) is 43.4 Å². The summed E-state index contributed by atoms with van der Waals surface area (Å²) in [7, 11) is 1.51. The number of benzene rings is 4. The largest absolute Gasteiger partial charge is 0.494 e. The number of nitrogens with one attached hydrogen (secondary N) is 1. The Morgan fingerprint density at radius 3 is 2.48 bits per heavy atom. The normalized spacial score (nSPS) is 11.3. The number of carbonyl (C=O) groups is 1. The van der Waals surface area contributed by atoms with Gasteiger partial charge in [0.25, 0.3) is 11.5 Å². The van der Waals surface area contributed by atoms with Crippen LogP contribution in [0.4, 0.5) is 5.69 Å². The standard InChI is InChI=1S/C36H35BrN4O5/c1-6-45-31-16-23(4)29(19-28(31)22(2)3)35-40-30-15-11-10-14-27(30)36(43)41(35)38-20-24-17-25(37)18-32(44-5)34(24)46-21-33(42)39-26-12-8-7-9-13-26/h7-20,22H,6,21H2,1-5H3,(H,39,42). The molecule has 236 valence electrons. The maximum absolute atomic E-state index is 14.0. The number of hydrogen-bond donors (Lipinski definition) is 1. The van der Waals surface area contributed by atoms with E-state index in [1.165, 1.54) is 18.0 Å². The molecule has 0 bridgehead atoms. The van der Waals surface area contributed by atoms with Crippen molar-refractivity contribution in [3.8, 4) is 28.6 Å². The summed E-state index contributed by atoms with van der Waals surface area (Å²) in [5.74, 6) is 1.68. The van der Waals surface area contributed by atoms with Crippen LogP contribution < -0.4 is 25.1 Å². The third-order valence-corrected chi connectivity index (χ3v) is 7.72. The Bertz CT molecular complexity index is 1970. The smallest absolute Gasteiger partial charge is 0.282 e. The van der Waals surface area contributed by atoms with Gasteiger partial charge < -0.3 is 19.5 Å². The molecule has 9 nitrogen and oxygen atoms in total. The van der Waals surface area contributed by atoms with E-state index in [0.717, 1.165) is 22.4 Å². The minimum Gasteiger partial charge on any atom is -0.494 e. The topological polar surface area (TPSA) is 104 Å². The Kier molecular flexibility index (Phi) is 10.2. The number of nitrogens with zero attached hydrogens (tertiary/aromatic N) is 3. The van der Waals surface area contributed by atoms with E-state index >= 15 is 0 Å². The van der Waals surface area contributed by atoms with Crippen molar-refractivity contribution in [2.24, 2.45) is 5.10 Å². The number of hydrogen-bond acceptors (Lipinski definition) is 7. The van der Waals surface area contributed by atoms with Gasteiger partial charge in [-0.2, -0.15) is 9.78 Å². The van der Waals surface area contributed by atoms with Crippen LogP contribution >= 0.6 is 15.9 Å². The number of para-hydroxylation sites is 2. The number of aromatic nitrogens is 2. The van der Waals surface area contributed by atoms with Gasteiger partial charge in [-0.3, -0.25) is 9.59 Å². The molecule has 5 aromatic rings. The lowest BCUT2D eigenvalue weighted by Crippen LogP contribution is -2.21. The fraction of sp³-hybridized carbons (Fsp3) is 0.222. The first kappa shape index (κ1) is 32.4. The van der Waals surface area contributed by atoms with Crippen LogP contribution in [0, 0.1) is 6.92 Å².